The molecule has 0 aliphatic rings. The smallest absolute Gasteiger partial charge is 0.339 e. The lowest BCUT2D eigenvalue weighted by atomic mass is 10.1. The van der Waals surface area contributed by atoms with Crippen molar-refractivity contribution in [2.24, 2.45) is 0 Å². The van der Waals surface area contributed by atoms with Crippen LogP contribution in [-0.4, -0.2) is 16.1 Å². The first kappa shape index (κ1) is 13.1. The van der Waals surface area contributed by atoms with Crippen LogP contribution in [0.2, 0.25) is 0 Å². The fourth-order valence-electron chi connectivity index (χ4n) is 2.17. The highest BCUT2D eigenvalue weighted by molar-refractivity contribution is 5.91. The monoisotopic (exact) mass is 279 g/mol. The third-order valence-electron chi connectivity index (χ3n) is 3.18. The van der Waals surface area contributed by atoms with Crippen LogP contribution in [0.3, 0.4) is 0 Å². The molecule has 4 nitrogen and oxygen atoms in total. The number of carboxylic acid groups (broad SMARTS) is 1. The molecule has 4 heteroatoms. The Labute approximate surface area is 121 Å². The fraction of sp³-hybridized carbons (Fsp3) is 0.0588. The maximum atomic E-state index is 11.3. The third kappa shape index (κ3) is 2.56. The number of aryl methyl sites for hydroxylation is 1. The van der Waals surface area contributed by atoms with Gasteiger partial charge in [-0.25, -0.2) is 4.79 Å². The lowest BCUT2D eigenvalue weighted by molar-refractivity contribution is 0.0694. The van der Waals surface area contributed by atoms with Crippen molar-refractivity contribution >= 4 is 16.9 Å². The quantitative estimate of drug-likeness (QED) is 0.786. The largest absolute Gasteiger partial charge is 0.478 e. The van der Waals surface area contributed by atoms with E-state index in [0.29, 0.717) is 17.0 Å². The SMILES string of the molecule is Cc1ccc(C(=O)O)c(Oc2cccc3cccnc23)c1. The number of para-hydroxylation sites is 1. The van der Waals surface area contributed by atoms with Gasteiger partial charge in [0.15, 0.2) is 5.75 Å². The van der Waals surface area contributed by atoms with Crippen molar-refractivity contribution in [3.05, 3.63) is 65.9 Å². The molecular weight excluding hydrogens is 266 g/mol. The van der Waals surface area contributed by atoms with E-state index in [9.17, 15) is 9.90 Å². The van der Waals surface area contributed by atoms with Gasteiger partial charge in [-0.2, -0.15) is 0 Å². The Kier molecular flexibility index (Phi) is 3.28. The molecule has 1 aromatic heterocycles. The second kappa shape index (κ2) is 5.25. The van der Waals surface area contributed by atoms with Crippen LogP contribution in [0.1, 0.15) is 15.9 Å². The molecule has 0 fully saturated rings. The van der Waals surface area contributed by atoms with Gasteiger partial charge in [0.2, 0.25) is 0 Å². The zero-order valence-corrected chi connectivity index (χ0v) is 11.4. The van der Waals surface area contributed by atoms with Gasteiger partial charge in [-0.15, -0.1) is 0 Å². The molecule has 0 atom stereocenters. The van der Waals surface area contributed by atoms with Gasteiger partial charge >= 0.3 is 5.97 Å². The number of rotatable bonds is 3. The summed E-state index contributed by atoms with van der Waals surface area (Å²) in [5.41, 5.74) is 1.77. The van der Waals surface area contributed by atoms with Gasteiger partial charge < -0.3 is 9.84 Å². The molecule has 0 aliphatic heterocycles. The molecule has 0 amide bonds. The van der Waals surface area contributed by atoms with E-state index in [0.717, 1.165) is 10.9 Å². The number of aromatic nitrogens is 1. The maximum absolute atomic E-state index is 11.3. The van der Waals surface area contributed by atoms with Crippen LogP contribution in [-0.2, 0) is 0 Å². The number of fused-ring (bicyclic) bond motifs is 1. The Morgan fingerprint density at radius 2 is 1.90 bits per heavy atom. The number of carbonyl (C=O) groups is 1. The van der Waals surface area contributed by atoms with E-state index in [1.165, 1.54) is 0 Å². The van der Waals surface area contributed by atoms with Crippen molar-refractivity contribution in [2.45, 2.75) is 6.92 Å². The Balaban J connectivity index is 2.11. The minimum Gasteiger partial charge on any atom is -0.478 e. The molecule has 1 N–H and O–H groups in total. The molecule has 0 bridgehead atoms. The first-order valence-electron chi connectivity index (χ1n) is 6.51. The molecule has 2 aromatic carbocycles. The zero-order valence-electron chi connectivity index (χ0n) is 11.4. The molecule has 0 radical (unpaired) electrons. The van der Waals surface area contributed by atoms with Crippen molar-refractivity contribution in [3.8, 4) is 11.5 Å². The molecule has 0 unspecified atom stereocenters. The average molecular weight is 279 g/mol. The first-order chi connectivity index (χ1) is 10.1. The summed E-state index contributed by atoms with van der Waals surface area (Å²) >= 11 is 0. The number of aromatic carboxylic acids is 1. The van der Waals surface area contributed by atoms with Crippen molar-refractivity contribution in [1.82, 2.24) is 4.98 Å². The van der Waals surface area contributed by atoms with Crippen molar-refractivity contribution in [2.75, 3.05) is 0 Å². The van der Waals surface area contributed by atoms with Gasteiger partial charge in [0.1, 0.15) is 16.8 Å². The summed E-state index contributed by atoms with van der Waals surface area (Å²) in [6.07, 6.45) is 1.68. The van der Waals surface area contributed by atoms with Crippen LogP contribution >= 0.6 is 0 Å². The van der Waals surface area contributed by atoms with Crippen molar-refractivity contribution in [1.29, 1.82) is 0 Å². The number of pyridine rings is 1. The second-order valence-electron chi connectivity index (χ2n) is 4.74. The molecule has 3 aromatic rings. The van der Waals surface area contributed by atoms with Crippen LogP contribution in [0.5, 0.6) is 11.5 Å². The number of ether oxygens (including phenoxy) is 1. The van der Waals surface area contributed by atoms with Gasteiger partial charge in [0.25, 0.3) is 0 Å². The average Bonchev–Trinajstić information content (AvgIpc) is 2.47. The molecular formula is C17H13NO3. The molecule has 0 spiro atoms. The minimum atomic E-state index is -1.02. The molecule has 0 saturated heterocycles. The number of hydrogen-bond donors (Lipinski definition) is 1. The summed E-state index contributed by atoms with van der Waals surface area (Å²) in [4.78, 5) is 15.6. The van der Waals surface area contributed by atoms with Crippen LogP contribution in [0.4, 0.5) is 0 Å². The van der Waals surface area contributed by atoms with E-state index in [1.807, 2.05) is 31.2 Å². The van der Waals surface area contributed by atoms with Gasteiger partial charge in [-0.3, -0.25) is 4.98 Å². The van der Waals surface area contributed by atoms with Crippen LogP contribution < -0.4 is 4.74 Å². The summed E-state index contributed by atoms with van der Waals surface area (Å²) in [6, 6.07) is 14.4. The zero-order chi connectivity index (χ0) is 14.8. The molecule has 21 heavy (non-hydrogen) atoms. The second-order valence-corrected chi connectivity index (χ2v) is 4.74. The molecule has 0 aliphatic carbocycles. The Hall–Kier alpha value is -2.88. The standard InChI is InChI=1S/C17H13NO3/c1-11-7-8-13(17(19)20)15(10-11)21-14-6-2-4-12-5-3-9-18-16(12)14/h2-10H,1H3,(H,19,20). The van der Waals surface area contributed by atoms with Crippen molar-refractivity contribution < 1.29 is 14.6 Å². The van der Waals surface area contributed by atoms with Gasteiger partial charge in [-0.1, -0.05) is 24.3 Å². The molecule has 3 rings (SSSR count). The molecule has 104 valence electrons. The Bertz CT molecular complexity index is 822. The Morgan fingerprint density at radius 3 is 2.71 bits per heavy atom. The predicted molar refractivity (Wildman–Crippen MR) is 80.0 cm³/mol. The highest BCUT2D eigenvalue weighted by Crippen LogP contribution is 2.31. The van der Waals surface area contributed by atoms with Crippen molar-refractivity contribution in [3.63, 3.8) is 0 Å². The summed E-state index contributed by atoms with van der Waals surface area (Å²) in [7, 11) is 0. The highest BCUT2D eigenvalue weighted by atomic mass is 16.5. The number of benzene rings is 2. The van der Waals surface area contributed by atoms with E-state index < -0.39 is 5.97 Å². The topological polar surface area (TPSA) is 59.4 Å². The number of hydrogen-bond acceptors (Lipinski definition) is 3. The normalized spacial score (nSPS) is 10.5. The summed E-state index contributed by atoms with van der Waals surface area (Å²) < 4.78 is 5.82. The van der Waals surface area contributed by atoms with Gasteiger partial charge in [-0.05, 0) is 36.8 Å². The van der Waals surface area contributed by atoms with E-state index in [2.05, 4.69) is 4.98 Å². The van der Waals surface area contributed by atoms with E-state index in [1.54, 1.807) is 30.5 Å². The third-order valence-corrected chi connectivity index (χ3v) is 3.18. The molecule has 1 heterocycles. The van der Waals surface area contributed by atoms with Gasteiger partial charge in [0.05, 0.1) is 0 Å². The van der Waals surface area contributed by atoms with E-state index in [4.69, 9.17) is 4.74 Å². The number of carboxylic acids is 1. The fourth-order valence-corrected chi connectivity index (χ4v) is 2.17. The van der Waals surface area contributed by atoms with Crippen LogP contribution in [0.15, 0.2) is 54.7 Å². The Morgan fingerprint density at radius 1 is 1.10 bits per heavy atom. The lowest BCUT2D eigenvalue weighted by Crippen LogP contribution is -2.00. The van der Waals surface area contributed by atoms with E-state index >= 15 is 0 Å². The lowest BCUT2D eigenvalue weighted by Gasteiger charge is -2.11. The summed E-state index contributed by atoms with van der Waals surface area (Å²) in [5, 5.41) is 10.2. The summed E-state index contributed by atoms with van der Waals surface area (Å²) in [6.45, 7) is 1.89. The van der Waals surface area contributed by atoms with E-state index in [-0.39, 0.29) is 5.56 Å². The molecule has 0 saturated carbocycles. The summed E-state index contributed by atoms with van der Waals surface area (Å²) in [5.74, 6) is -0.153. The van der Waals surface area contributed by atoms with Gasteiger partial charge in [0, 0.05) is 11.6 Å². The van der Waals surface area contributed by atoms with Crippen LogP contribution in [0, 0.1) is 6.92 Å². The number of nitrogens with zero attached hydrogens (tertiary/aromatic N) is 1. The first-order valence-corrected chi connectivity index (χ1v) is 6.51. The maximum Gasteiger partial charge on any atom is 0.339 e. The van der Waals surface area contributed by atoms with Crippen LogP contribution in [0.25, 0.3) is 10.9 Å². The highest BCUT2D eigenvalue weighted by Gasteiger charge is 2.13. The predicted octanol–water partition coefficient (Wildman–Crippen LogP) is 4.03. The minimum absolute atomic E-state index is 0.133.